The molecule has 1 N–H and O–H groups in total. The average molecular weight is 342 g/mol. The first kappa shape index (κ1) is 18.0. The van der Waals surface area contributed by atoms with Gasteiger partial charge in [0.2, 0.25) is 0 Å². The fourth-order valence-electron chi connectivity index (χ4n) is 3.59. The molecule has 25 heavy (non-hydrogen) atoms. The van der Waals surface area contributed by atoms with Crippen LogP contribution in [0, 0.1) is 11.3 Å². The number of nitrogens with zero attached hydrogens (tertiary/aromatic N) is 1. The smallest absolute Gasteiger partial charge is 0.160 e. The number of allylic oxidation sites excluding steroid dienone is 1. The van der Waals surface area contributed by atoms with Crippen molar-refractivity contribution in [1.29, 1.82) is 0 Å². The predicted molar refractivity (Wildman–Crippen MR) is 103 cm³/mol. The first-order valence-electron chi connectivity index (χ1n) is 9.35. The van der Waals surface area contributed by atoms with Crippen molar-refractivity contribution < 1.29 is 9.53 Å². The lowest BCUT2D eigenvalue weighted by molar-refractivity contribution is -0.117. The molecular formula is C21H30N2O2. The van der Waals surface area contributed by atoms with Gasteiger partial charge < -0.3 is 15.0 Å². The highest BCUT2D eigenvalue weighted by molar-refractivity contribution is 5.96. The summed E-state index contributed by atoms with van der Waals surface area (Å²) in [6.07, 6.45) is 4.48. The van der Waals surface area contributed by atoms with Crippen molar-refractivity contribution in [3.63, 3.8) is 0 Å². The minimum Gasteiger partial charge on any atom is -0.378 e. The lowest BCUT2D eigenvalue weighted by atomic mass is 9.71. The molecule has 136 valence electrons. The van der Waals surface area contributed by atoms with Crippen LogP contribution < -0.4 is 10.2 Å². The number of nitrogens with one attached hydrogen (secondary N) is 1. The number of benzene rings is 1. The Balaban J connectivity index is 1.63. The van der Waals surface area contributed by atoms with Crippen LogP contribution in [0.2, 0.25) is 0 Å². The van der Waals surface area contributed by atoms with Crippen LogP contribution >= 0.6 is 0 Å². The Bertz CT molecular complexity index is 622. The number of Topliss-reactive ketones (excluding diaryl/α,β-unsaturated/α-hetero) is 1. The molecule has 0 aromatic heterocycles. The summed E-state index contributed by atoms with van der Waals surface area (Å²) in [5, 5.41) is 3.32. The van der Waals surface area contributed by atoms with Gasteiger partial charge in [0.15, 0.2) is 5.78 Å². The lowest BCUT2D eigenvalue weighted by Gasteiger charge is -2.34. The van der Waals surface area contributed by atoms with Crippen molar-refractivity contribution in [2.24, 2.45) is 11.3 Å². The van der Waals surface area contributed by atoms with Crippen LogP contribution in [0.1, 0.15) is 40.0 Å². The molecule has 1 unspecified atom stereocenters. The minimum absolute atomic E-state index is 0.250. The number of carbonyl (C=O) groups excluding carboxylic acids is 1. The highest BCUT2D eigenvalue weighted by atomic mass is 16.5. The second kappa shape index (κ2) is 7.61. The average Bonchev–Trinajstić information content (AvgIpc) is 2.61. The number of anilines is 2. The van der Waals surface area contributed by atoms with Crippen molar-refractivity contribution in [1.82, 2.24) is 0 Å². The van der Waals surface area contributed by atoms with Gasteiger partial charge in [-0.1, -0.05) is 20.8 Å². The van der Waals surface area contributed by atoms with Gasteiger partial charge in [-0.15, -0.1) is 0 Å². The zero-order chi connectivity index (χ0) is 17.9. The number of rotatable bonds is 3. The molecule has 4 heteroatoms. The summed E-state index contributed by atoms with van der Waals surface area (Å²) in [5.74, 6) is 0.861. The van der Waals surface area contributed by atoms with E-state index in [-0.39, 0.29) is 11.2 Å². The fourth-order valence-corrected chi connectivity index (χ4v) is 3.59. The Morgan fingerprint density at radius 2 is 1.84 bits per heavy atom. The summed E-state index contributed by atoms with van der Waals surface area (Å²) in [6, 6.07) is 8.42. The Kier molecular flexibility index (Phi) is 5.48. The van der Waals surface area contributed by atoms with Crippen LogP contribution in [0.15, 0.2) is 36.0 Å². The molecule has 1 atom stereocenters. The molecule has 1 aliphatic carbocycles. The van der Waals surface area contributed by atoms with Gasteiger partial charge in [0.05, 0.1) is 13.2 Å². The molecule has 1 aliphatic heterocycles. The van der Waals surface area contributed by atoms with E-state index in [1.54, 1.807) is 0 Å². The monoisotopic (exact) mass is 342 g/mol. The molecule has 1 saturated carbocycles. The zero-order valence-electron chi connectivity index (χ0n) is 15.7. The predicted octanol–water partition coefficient (Wildman–Crippen LogP) is 4.23. The van der Waals surface area contributed by atoms with Gasteiger partial charge in [-0.2, -0.15) is 0 Å². The SMILES string of the molecule is CC(C)(C)C1CCC(=O)C(=CNc2ccc(N3CCOCC3)cc2)C1. The third kappa shape index (κ3) is 4.63. The summed E-state index contributed by atoms with van der Waals surface area (Å²) >= 11 is 0. The Labute approximate surface area is 151 Å². The van der Waals surface area contributed by atoms with Crippen molar-refractivity contribution >= 4 is 17.2 Å². The first-order chi connectivity index (χ1) is 11.9. The minimum atomic E-state index is 0.250. The number of hydrogen-bond donors (Lipinski definition) is 1. The van der Waals surface area contributed by atoms with E-state index in [9.17, 15) is 4.79 Å². The summed E-state index contributed by atoms with van der Waals surface area (Å²) in [7, 11) is 0. The van der Waals surface area contributed by atoms with E-state index in [2.05, 4.69) is 55.3 Å². The first-order valence-corrected chi connectivity index (χ1v) is 9.35. The van der Waals surface area contributed by atoms with E-state index in [0.717, 1.165) is 50.4 Å². The van der Waals surface area contributed by atoms with Gasteiger partial charge in [0.1, 0.15) is 0 Å². The van der Waals surface area contributed by atoms with Crippen LogP contribution in [0.3, 0.4) is 0 Å². The van der Waals surface area contributed by atoms with Crippen molar-refractivity contribution in [2.45, 2.75) is 40.0 Å². The summed E-state index contributed by atoms with van der Waals surface area (Å²) < 4.78 is 5.40. The van der Waals surface area contributed by atoms with Crippen LogP contribution in [-0.4, -0.2) is 32.1 Å². The number of ketones is 1. The van der Waals surface area contributed by atoms with E-state index < -0.39 is 0 Å². The molecular weight excluding hydrogens is 312 g/mol. The van der Waals surface area contributed by atoms with Crippen molar-refractivity contribution in [2.75, 3.05) is 36.5 Å². The lowest BCUT2D eigenvalue weighted by Crippen LogP contribution is -2.36. The van der Waals surface area contributed by atoms with Crippen molar-refractivity contribution in [3.8, 4) is 0 Å². The van der Waals surface area contributed by atoms with E-state index >= 15 is 0 Å². The summed E-state index contributed by atoms with van der Waals surface area (Å²) in [5.41, 5.74) is 3.43. The van der Waals surface area contributed by atoms with Crippen LogP contribution in [-0.2, 0) is 9.53 Å². The molecule has 2 aliphatic rings. The third-order valence-electron chi connectivity index (χ3n) is 5.43. The molecule has 3 rings (SSSR count). The molecule has 0 amide bonds. The maximum absolute atomic E-state index is 12.2. The van der Waals surface area contributed by atoms with Crippen LogP contribution in [0.25, 0.3) is 0 Å². The summed E-state index contributed by atoms with van der Waals surface area (Å²) in [6.45, 7) is 10.3. The largest absolute Gasteiger partial charge is 0.378 e. The molecule has 1 aromatic carbocycles. The van der Waals surface area contributed by atoms with Crippen molar-refractivity contribution in [3.05, 3.63) is 36.0 Å². The van der Waals surface area contributed by atoms with E-state index in [1.807, 2.05) is 6.20 Å². The van der Waals surface area contributed by atoms with Crippen LogP contribution in [0.4, 0.5) is 11.4 Å². The number of carbonyl (C=O) groups is 1. The molecule has 4 nitrogen and oxygen atoms in total. The molecule has 0 bridgehead atoms. The normalized spacial score (nSPS) is 23.8. The van der Waals surface area contributed by atoms with Gasteiger partial charge in [-0.05, 0) is 48.4 Å². The molecule has 1 saturated heterocycles. The third-order valence-corrected chi connectivity index (χ3v) is 5.43. The Morgan fingerprint density at radius 1 is 1.16 bits per heavy atom. The maximum atomic E-state index is 12.2. The molecule has 0 spiro atoms. The second-order valence-electron chi connectivity index (χ2n) is 8.19. The molecule has 0 radical (unpaired) electrons. The second-order valence-corrected chi connectivity index (χ2v) is 8.19. The fraction of sp³-hybridized carbons (Fsp3) is 0.571. The number of ether oxygens (including phenoxy) is 1. The maximum Gasteiger partial charge on any atom is 0.160 e. The van der Waals surface area contributed by atoms with E-state index in [0.29, 0.717) is 12.3 Å². The molecule has 1 aromatic rings. The standard InChI is InChI=1S/C21H30N2O2/c1-21(2,3)17-4-9-20(24)16(14-17)15-22-18-5-7-19(8-6-18)23-10-12-25-13-11-23/h5-8,15,17,22H,4,9-14H2,1-3H3. The number of hydrogen-bond acceptors (Lipinski definition) is 4. The number of morpholine rings is 1. The van der Waals surface area contributed by atoms with Crippen LogP contribution in [0.5, 0.6) is 0 Å². The molecule has 2 fully saturated rings. The Hall–Kier alpha value is -1.81. The van der Waals surface area contributed by atoms with Gasteiger partial charge >= 0.3 is 0 Å². The quantitative estimate of drug-likeness (QED) is 0.835. The van der Waals surface area contributed by atoms with Gasteiger partial charge in [-0.25, -0.2) is 0 Å². The topological polar surface area (TPSA) is 41.6 Å². The zero-order valence-corrected chi connectivity index (χ0v) is 15.7. The highest BCUT2D eigenvalue weighted by Gasteiger charge is 2.31. The molecule has 1 heterocycles. The van der Waals surface area contributed by atoms with Gasteiger partial charge in [0.25, 0.3) is 0 Å². The van der Waals surface area contributed by atoms with Gasteiger partial charge in [0, 0.05) is 42.7 Å². The highest BCUT2D eigenvalue weighted by Crippen LogP contribution is 2.38. The van der Waals surface area contributed by atoms with E-state index in [4.69, 9.17) is 4.74 Å². The summed E-state index contributed by atoms with van der Waals surface area (Å²) in [4.78, 5) is 14.6. The Morgan fingerprint density at radius 3 is 2.48 bits per heavy atom. The van der Waals surface area contributed by atoms with Gasteiger partial charge in [-0.3, -0.25) is 4.79 Å². The van der Waals surface area contributed by atoms with E-state index in [1.165, 1.54) is 5.69 Å².